The molecule has 0 amide bonds. The Bertz CT molecular complexity index is 398. The van der Waals surface area contributed by atoms with Gasteiger partial charge in [-0.1, -0.05) is 0 Å². The molecule has 0 spiro atoms. The summed E-state index contributed by atoms with van der Waals surface area (Å²) in [6, 6.07) is 0. The molecule has 0 aromatic carbocycles. The number of aromatic nitrogens is 2. The van der Waals surface area contributed by atoms with Crippen LogP contribution >= 0.6 is 0 Å². The molecule has 0 unspecified atom stereocenters. The molecular formula is C10H17N3O. The highest BCUT2D eigenvalue weighted by Crippen LogP contribution is 2.36. The molecule has 0 saturated heterocycles. The lowest BCUT2D eigenvalue weighted by Gasteiger charge is -2.05. The quantitative estimate of drug-likeness (QED) is 0.735. The molecule has 4 nitrogen and oxygen atoms in total. The molecule has 1 fully saturated rings. The predicted octanol–water partition coefficient (Wildman–Crippen LogP) is 0.446. The van der Waals surface area contributed by atoms with E-state index in [9.17, 15) is 4.79 Å². The van der Waals surface area contributed by atoms with Gasteiger partial charge in [0.15, 0.2) is 0 Å². The van der Waals surface area contributed by atoms with Gasteiger partial charge in [0.2, 0.25) is 0 Å². The molecule has 1 aromatic heterocycles. The molecule has 1 aliphatic rings. The van der Waals surface area contributed by atoms with Crippen molar-refractivity contribution in [2.45, 2.75) is 38.1 Å². The zero-order valence-electron chi connectivity index (χ0n) is 8.76. The highest BCUT2D eigenvalue weighted by atomic mass is 16.1. The van der Waals surface area contributed by atoms with Crippen LogP contribution in [0.2, 0.25) is 0 Å². The van der Waals surface area contributed by atoms with Gasteiger partial charge in [0.25, 0.3) is 5.56 Å². The van der Waals surface area contributed by atoms with Crippen LogP contribution in [0.15, 0.2) is 4.79 Å². The van der Waals surface area contributed by atoms with Gasteiger partial charge in [0, 0.05) is 23.8 Å². The third-order valence-corrected chi connectivity index (χ3v) is 3.12. The van der Waals surface area contributed by atoms with E-state index in [0.29, 0.717) is 0 Å². The van der Waals surface area contributed by atoms with E-state index >= 15 is 0 Å². The van der Waals surface area contributed by atoms with Gasteiger partial charge in [-0.15, -0.1) is 0 Å². The molecule has 2 rings (SSSR count). The Hall–Kier alpha value is -1.03. The van der Waals surface area contributed by atoms with E-state index in [4.69, 9.17) is 5.73 Å². The van der Waals surface area contributed by atoms with Crippen molar-refractivity contribution in [3.8, 4) is 0 Å². The van der Waals surface area contributed by atoms with E-state index in [1.807, 2.05) is 6.92 Å². The summed E-state index contributed by atoms with van der Waals surface area (Å²) < 4.78 is 1.53. The molecule has 1 aliphatic carbocycles. The van der Waals surface area contributed by atoms with Gasteiger partial charge in [-0.25, -0.2) is 0 Å². The average Bonchev–Trinajstić information content (AvgIpc) is 2.78. The number of rotatable bonds is 3. The number of hydrogen-bond acceptors (Lipinski definition) is 2. The third kappa shape index (κ3) is 1.62. The lowest BCUT2D eigenvalue weighted by molar-refractivity contribution is 0.606. The van der Waals surface area contributed by atoms with E-state index in [1.165, 1.54) is 4.68 Å². The second-order valence-electron chi connectivity index (χ2n) is 4.44. The van der Waals surface area contributed by atoms with Crippen molar-refractivity contribution in [2.75, 3.05) is 0 Å². The van der Waals surface area contributed by atoms with Gasteiger partial charge in [-0.05, 0) is 32.6 Å². The first kappa shape index (κ1) is 9.52. The Kier molecular flexibility index (Phi) is 2.03. The van der Waals surface area contributed by atoms with E-state index < -0.39 is 0 Å². The van der Waals surface area contributed by atoms with Crippen molar-refractivity contribution in [3.05, 3.63) is 21.6 Å². The molecule has 0 bridgehead atoms. The normalized spacial score (nSPS) is 18.5. The van der Waals surface area contributed by atoms with Gasteiger partial charge in [-0.2, -0.15) is 0 Å². The first-order valence-corrected chi connectivity index (χ1v) is 5.05. The Morgan fingerprint density at radius 2 is 2.21 bits per heavy atom. The number of nitrogens with two attached hydrogens (primary N) is 1. The number of nitrogens with zero attached hydrogens (tertiary/aromatic N) is 1. The third-order valence-electron chi connectivity index (χ3n) is 3.12. The van der Waals surface area contributed by atoms with Crippen molar-refractivity contribution < 1.29 is 0 Å². The summed E-state index contributed by atoms with van der Waals surface area (Å²) in [6.07, 6.45) is 3.95. The van der Waals surface area contributed by atoms with Gasteiger partial charge in [0.05, 0.1) is 0 Å². The molecule has 3 N–H and O–H groups in total. The molecule has 0 radical (unpaired) electrons. The van der Waals surface area contributed by atoms with Crippen LogP contribution in [0.3, 0.4) is 0 Å². The summed E-state index contributed by atoms with van der Waals surface area (Å²) in [6.45, 7) is 1.94. The molecule has 4 heteroatoms. The monoisotopic (exact) mass is 195 g/mol. The average molecular weight is 195 g/mol. The lowest BCUT2D eigenvalue weighted by atomic mass is 10.1. The van der Waals surface area contributed by atoms with Gasteiger partial charge in [-0.3, -0.25) is 14.6 Å². The van der Waals surface area contributed by atoms with Crippen LogP contribution in [0, 0.1) is 6.92 Å². The Balaban J connectivity index is 2.12. The van der Waals surface area contributed by atoms with Crippen molar-refractivity contribution in [1.82, 2.24) is 9.78 Å². The Morgan fingerprint density at radius 3 is 2.64 bits per heavy atom. The van der Waals surface area contributed by atoms with Crippen molar-refractivity contribution in [3.63, 3.8) is 0 Å². The molecule has 14 heavy (non-hydrogen) atoms. The minimum Gasteiger partial charge on any atom is -0.325 e. The SMILES string of the molecule is Cc1[nH]n(C)c(=O)c1CCC1(N)CC1. The van der Waals surface area contributed by atoms with Crippen LogP contribution in [-0.4, -0.2) is 15.3 Å². The van der Waals surface area contributed by atoms with Gasteiger partial charge in [0.1, 0.15) is 0 Å². The molecule has 0 atom stereocenters. The lowest BCUT2D eigenvalue weighted by Crippen LogP contribution is -2.24. The van der Waals surface area contributed by atoms with Crippen molar-refractivity contribution in [1.29, 1.82) is 0 Å². The maximum absolute atomic E-state index is 11.6. The smallest absolute Gasteiger partial charge is 0.269 e. The van der Waals surface area contributed by atoms with Crippen molar-refractivity contribution >= 4 is 0 Å². The fourth-order valence-electron chi connectivity index (χ4n) is 1.81. The summed E-state index contributed by atoms with van der Waals surface area (Å²) in [5.74, 6) is 0. The van der Waals surface area contributed by atoms with Gasteiger partial charge >= 0.3 is 0 Å². The number of aryl methyl sites for hydroxylation is 2. The molecule has 0 aliphatic heterocycles. The topological polar surface area (TPSA) is 63.8 Å². The first-order chi connectivity index (χ1) is 6.52. The summed E-state index contributed by atoms with van der Waals surface area (Å²) in [5, 5.41) is 3.00. The van der Waals surface area contributed by atoms with E-state index in [2.05, 4.69) is 5.10 Å². The van der Waals surface area contributed by atoms with Crippen molar-refractivity contribution in [2.24, 2.45) is 12.8 Å². The van der Waals surface area contributed by atoms with E-state index in [0.717, 1.165) is 36.9 Å². The standard InChI is InChI=1S/C10H17N3O/c1-7-8(9(14)13(2)12-7)3-4-10(11)5-6-10/h12H,3-6,11H2,1-2H3. The summed E-state index contributed by atoms with van der Waals surface area (Å²) in [7, 11) is 1.74. The van der Waals surface area contributed by atoms with Crippen LogP contribution in [0.4, 0.5) is 0 Å². The highest BCUT2D eigenvalue weighted by Gasteiger charge is 2.37. The van der Waals surface area contributed by atoms with Crippen LogP contribution < -0.4 is 11.3 Å². The maximum Gasteiger partial charge on any atom is 0.269 e. The summed E-state index contributed by atoms with van der Waals surface area (Å²) in [5.41, 5.74) is 7.97. The number of aromatic amines is 1. The molecular weight excluding hydrogens is 178 g/mol. The largest absolute Gasteiger partial charge is 0.325 e. The van der Waals surface area contributed by atoms with Crippen LogP contribution in [0.25, 0.3) is 0 Å². The summed E-state index contributed by atoms with van der Waals surface area (Å²) in [4.78, 5) is 11.6. The van der Waals surface area contributed by atoms with Crippen LogP contribution in [-0.2, 0) is 13.5 Å². The molecule has 1 heterocycles. The Morgan fingerprint density at radius 1 is 1.57 bits per heavy atom. The Labute approximate surface area is 83.1 Å². The summed E-state index contributed by atoms with van der Waals surface area (Å²) >= 11 is 0. The number of H-pyrrole nitrogens is 1. The molecule has 1 saturated carbocycles. The highest BCUT2D eigenvalue weighted by molar-refractivity contribution is 5.17. The minimum atomic E-state index is 0.0364. The fourth-order valence-corrected chi connectivity index (χ4v) is 1.81. The second kappa shape index (κ2) is 2.98. The number of hydrogen-bond donors (Lipinski definition) is 2. The van der Waals surface area contributed by atoms with Crippen LogP contribution in [0.5, 0.6) is 0 Å². The molecule has 78 valence electrons. The second-order valence-corrected chi connectivity index (χ2v) is 4.44. The van der Waals surface area contributed by atoms with E-state index in [1.54, 1.807) is 7.05 Å². The minimum absolute atomic E-state index is 0.0364. The van der Waals surface area contributed by atoms with E-state index in [-0.39, 0.29) is 11.1 Å². The predicted molar refractivity (Wildman–Crippen MR) is 55.2 cm³/mol. The maximum atomic E-state index is 11.6. The number of nitrogens with one attached hydrogen (secondary N) is 1. The zero-order chi connectivity index (χ0) is 10.3. The zero-order valence-corrected chi connectivity index (χ0v) is 8.76. The first-order valence-electron chi connectivity index (χ1n) is 5.05. The molecule has 1 aromatic rings. The van der Waals surface area contributed by atoms with Gasteiger partial charge < -0.3 is 5.73 Å². The van der Waals surface area contributed by atoms with Crippen LogP contribution in [0.1, 0.15) is 30.5 Å². The fraction of sp³-hybridized carbons (Fsp3) is 0.700.